The molecule has 0 aliphatic carbocycles. The molecule has 0 radical (unpaired) electrons. The lowest BCUT2D eigenvalue weighted by Gasteiger charge is -1.99. The number of carboxylic acids is 2. The summed E-state index contributed by atoms with van der Waals surface area (Å²) >= 11 is 0. The first-order chi connectivity index (χ1) is 6.59. The number of rotatable bonds is 7. The molecule has 0 bridgehead atoms. The Hall–Kier alpha value is -1.32. The molecule has 0 atom stereocenters. The highest BCUT2D eigenvalue weighted by Gasteiger charge is 2.21. The van der Waals surface area contributed by atoms with E-state index in [0.29, 0.717) is 0 Å². The van der Waals surface area contributed by atoms with E-state index in [9.17, 15) is 9.59 Å². The van der Waals surface area contributed by atoms with Crippen molar-refractivity contribution in [3.63, 3.8) is 0 Å². The highest BCUT2D eigenvalue weighted by molar-refractivity contribution is 5.94. The Kier molecular flexibility index (Phi) is 6.45. The van der Waals surface area contributed by atoms with Crippen molar-refractivity contribution in [2.75, 3.05) is 0 Å². The van der Waals surface area contributed by atoms with Crippen LogP contribution in [0.1, 0.15) is 32.6 Å². The van der Waals surface area contributed by atoms with Gasteiger partial charge in [-0.05, 0) is 12.8 Å². The summed E-state index contributed by atoms with van der Waals surface area (Å²) in [6, 6.07) is 0. The van der Waals surface area contributed by atoms with E-state index < -0.39 is 17.9 Å². The summed E-state index contributed by atoms with van der Waals surface area (Å²) in [4.78, 5) is 20.9. The van der Waals surface area contributed by atoms with Crippen LogP contribution in [0.3, 0.4) is 0 Å². The molecule has 4 heteroatoms. The van der Waals surface area contributed by atoms with Crippen molar-refractivity contribution in [2.24, 2.45) is 5.92 Å². The van der Waals surface area contributed by atoms with E-state index in [-0.39, 0.29) is 0 Å². The first-order valence-corrected chi connectivity index (χ1v) is 4.71. The van der Waals surface area contributed by atoms with Gasteiger partial charge >= 0.3 is 11.9 Å². The van der Waals surface area contributed by atoms with Crippen LogP contribution in [0.25, 0.3) is 0 Å². The largest absolute Gasteiger partial charge is 0.480 e. The van der Waals surface area contributed by atoms with Gasteiger partial charge in [-0.25, -0.2) is 0 Å². The molecule has 0 aliphatic heterocycles. The maximum absolute atomic E-state index is 10.4. The van der Waals surface area contributed by atoms with Gasteiger partial charge in [0.05, 0.1) is 0 Å². The maximum Gasteiger partial charge on any atom is 0.321 e. The second-order valence-electron chi connectivity index (χ2n) is 3.08. The van der Waals surface area contributed by atoms with Gasteiger partial charge in [-0.1, -0.05) is 31.9 Å². The molecular weight excluding hydrogens is 184 g/mol. The maximum atomic E-state index is 10.4. The summed E-state index contributed by atoms with van der Waals surface area (Å²) in [5, 5.41) is 17.0. The van der Waals surface area contributed by atoms with Gasteiger partial charge in [0.25, 0.3) is 0 Å². The van der Waals surface area contributed by atoms with E-state index in [1.54, 1.807) is 6.08 Å². The Labute approximate surface area is 83.2 Å². The number of hydrogen-bond acceptors (Lipinski definition) is 2. The van der Waals surface area contributed by atoms with Crippen LogP contribution in [-0.4, -0.2) is 22.2 Å². The minimum atomic E-state index is -1.41. The van der Waals surface area contributed by atoms with E-state index in [0.717, 1.165) is 25.7 Å². The SMILES string of the molecule is CCCCC/C=C/C(C(=O)O)C(=O)O. The van der Waals surface area contributed by atoms with E-state index in [2.05, 4.69) is 6.92 Å². The van der Waals surface area contributed by atoms with Gasteiger partial charge in [-0.3, -0.25) is 9.59 Å². The zero-order chi connectivity index (χ0) is 11.0. The Balaban J connectivity index is 3.91. The monoisotopic (exact) mass is 200 g/mol. The van der Waals surface area contributed by atoms with Crippen molar-refractivity contribution in [3.05, 3.63) is 12.2 Å². The number of carboxylic acid groups (broad SMARTS) is 2. The second-order valence-corrected chi connectivity index (χ2v) is 3.08. The lowest BCUT2D eigenvalue weighted by atomic mass is 10.1. The van der Waals surface area contributed by atoms with Crippen LogP contribution in [0.2, 0.25) is 0 Å². The fourth-order valence-electron chi connectivity index (χ4n) is 1.01. The van der Waals surface area contributed by atoms with Gasteiger partial charge in [0.15, 0.2) is 5.92 Å². The van der Waals surface area contributed by atoms with Gasteiger partial charge in [0.1, 0.15) is 0 Å². The lowest BCUT2D eigenvalue weighted by Crippen LogP contribution is -2.20. The zero-order valence-corrected chi connectivity index (χ0v) is 8.27. The summed E-state index contributed by atoms with van der Waals surface area (Å²) in [6.07, 6.45) is 6.75. The van der Waals surface area contributed by atoms with Crippen LogP contribution in [-0.2, 0) is 9.59 Å². The number of carbonyl (C=O) groups is 2. The Morgan fingerprint density at radius 1 is 1.21 bits per heavy atom. The number of hydrogen-bond donors (Lipinski definition) is 2. The molecule has 0 rings (SSSR count). The molecule has 0 spiro atoms. The molecule has 14 heavy (non-hydrogen) atoms. The van der Waals surface area contributed by atoms with Gasteiger partial charge in [-0.15, -0.1) is 0 Å². The molecule has 0 aromatic carbocycles. The van der Waals surface area contributed by atoms with Crippen molar-refractivity contribution in [3.8, 4) is 0 Å². The third kappa shape index (κ3) is 5.35. The van der Waals surface area contributed by atoms with Crippen molar-refractivity contribution in [1.82, 2.24) is 0 Å². The molecule has 2 N–H and O–H groups in total. The molecule has 80 valence electrons. The highest BCUT2D eigenvalue weighted by Crippen LogP contribution is 2.04. The third-order valence-electron chi connectivity index (χ3n) is 1.83. The third-order valence-corrected chi connectivity index (χ3v) is 1.83. The quantitative estimate of drug-likeness (QED) is 0.374. The normalized spacial score (nSPS) is 11.0. The summed E-state index contributed by atoms with van der Waals surface area (Å²) in [5.74, 6) is -4.04. The Bertz CT molecular complexity index is 206. The van der Waals surface area contributed by atoms with E-state index >= 15 is 0 Å². The molecule has 0 aromatic rings. The van der Waals surface area contributed by atoms with Crippen molar-refractivity contribution < 1.29 is 19.8 Å². The zero-order valence-electron chi connectivity index (χ0n) is 8.27. The second kappa shape index (κ2) is 7.12. The van der Waals surface area contributed by atoms with Crippen LogP contribution in [0, 0.1) is 5.92 Å². The van der Waals surface area contributed by atoms with Crippen LogP contribution >= 0.6 is 0 Å². The molecule has 4 nitrogen and oxygen atoms in total. The number of allylic oxidation sites excluding steroid dienone is 1. The minimum Gasteiger partial charge on any atom is -0.480 e. The van der Waals surface area contributed by atoms with Crippen molar-refractivity contribution in [1.29, 1.82) is 0 Å². The standard InChI is InChI=1S/C10H16O4/c1-2-3-4-5-6-7-8(9(11)12)10(13)14/h6-8H,2-5H2,1H3,(H,11,12)(H,13,14)/b7-6+. The Morgan fingerprint density at radius 3 is 2.21 bits per heavy atom. The van der Waals surface area contributed by atoms with Gasteiger partial charge < -0.3 is 10.2 Å². The Morgan fingerprint density at radius 2 is 1.79 bits per heavy atom. The number of unbranched alkanes of at least 4 members (excludes halogenated alkanes) is 3. The summed E-state index contributed by atoms with van der Waals surface area (Å²) in [6.45, 7) is 2.07. The number of aliphatic carboxylic acids is 2. The molecular formula is C10H16O4. The minimum absolute atomic E-state index is 0.741. The van der Waals surface area contributed by atoms with Crippen LogP contribution in [0.4, 0.5) is 0 Å². The van der Waals surface area contributed by atoms with Gasteiger partial charge in [0, 0.05) is 0 Å². The predicted molar refractivity (Wildman–Crippen MR) is 52.0 cm³/mol. The first kappa shape index (κ1) is 12.7. The molecule has 0 amide bonds. The van der Waals surface area contributed by atoms with E-state index in [1.807, 2.05) is 0 Å². The molecule has 0 saturated heterocycles. The van der Waals surface area contributed by atoms with Crippen molar-refractivity contribution in [2.45, 2.75) is 32.6 Å². The topological polar surface area (TPSA) is 74.6 Å². The molecule has 0 unspecified atom stereocenters. The lowest BCUT2D eigenvalue weighted by molar-refractivity contribution is -0.151. The molecule has 0 aromatic heterocycles. The van der Waals surface area contributed by atoms with Gasteiger partial charge in [-0.2, -0.15) is 0 Å². The summed E-state index contributed by atoms with van der Waals surface area (Å²) in [5.41, 5.74) is 0. The smallest absolute Gasteiger partial charge is 0.321 e. The fourth-order valence-corrected chi connectivity index (χ4v) is 1.01. The van der Waals surface area contributed by atoms with Gasteiger partial charge in [0.2, 0.25) is 0 Å². The molecule has 0 fully saturated rings. The van der Waals surface area contributed by atoms with E-state index in [4.69, 9.17) is 10.2 Å². The molecule has 0 saturated carbocycles. The first-order valence-electron chi connectivity index (χ1n) is 4.71. The van der Waals surface area contributed by atoms with E-state index in [1.165, 1.54) is 6.08 Å². The fraction of sp³-hybridized carbons (Fsp3) is 0.600. The average molecular weight is 200 g/mol. The van der Waals surface area contributed by atoms with Crippen LogP contribution in [0.5, 0.6) is 0 Å². The average Bonchev–Trinajstić information content (AvgIpc) is 2.09. The van der Waals surface area contributed by atoms with Crippen LogP contribution in [0.15, 0.2) is 12.2 Å². The highest BCUT2D eigenvalue weighted by atomic mass is 16.4. The summed E-state index contributed by atoms with van der Waals surface area (Å²) in [7, 11) is 0. The summed E-state index contributed by atoms with van der Waals surface area (Å²) < 4.78 is 0. The predicted octanol–water partition coefficient (Wildman–Crippen LogP) is 1.91. The molecule has 0 aliphatic rings. The van der Waals surface area contributed by atoms with Crippen molar-refractivity contribution >= 4 is 11.9 Å². The van der Waals surface area contributed by atoms with Crippen LogP contribution < -0.4 is 0 Å². The molecule has 0 heterocycles.